The van der Waals surface area contributed by atoms with Crippen LogP contribution in [0.3, 0.4) is 0 Å². The van der Waals surface area contributed by atoms with Crippen LogP contribution in [0.25, 0.3) is 0 Å². The van der Waals surface area contributed by atoms with Crippen molar-refractivity contribution < 1.29 is 7.61 Å². The Labute approximate surface area is 96.9 Å². The molecule has 0 aromatic carbocycles. The SMILES string of the molecule is CC(C)(C)CCCCCC(=O)[O][Bi]. The molecule has 0 aromatic rings. The minimum absolute atomic E-state index is 0.0379. The van der Waals surface area contributed by atoms with E-state index in [2.05, 4.69) is 23.6 Å². The molecule has 3 heteroatoms. The van der Waals surface area contributed by atoms with Gasteiger partial charge in [-0.05, 0) is 0 Å². The van der Waals surface area contributed by atoms with E-state index in [0.717, 1.165) is 12.8 Å². The van der Waals surface area contributed by atoms with Crippen molar-refractivity contribution in [2.45, 2.75) is 52.9 Å². The molecule has 0 unspecified atom stereocenters. The molecule has 0 amide bonds. The van der Waals surface area contributed by atoms with Gasteiger partial charge in [-0.25, -0.2) is 0 Å². The number of hydrogen-bond acceptors (Lipinski definition) is 2. The first-order valence-electron chi connectivity index (χ1n) is 4.80. The number of carbonyl (C=O) groups excluding carboxylic acids is 1. The predicted molar refractivity (Wildman–Crippen MR) is 54.4 cm³/mol. The van der Waals surface area contributed by atoms with Crippen LogP contribution in [-0.2, 0) is 7.61 Å². The fourth-order valence-electron chi connectivity index (χ4n) is 1.15. The Bertz CT molecular complexity index is 149. The van der Waals surface area contributed by atoms with Gasteiger partial charge in [-0.2, -0.15) is 0 Å². The normalized spacial score (nSPS) is 11.4. The van der Waals surface area contributed by atoms with Crippen LogP contribution in [0.15, 0.2) is 0 Å². The zero-order chi connectivity index (χ0) is 10.3. The van der Waals surface area contributed by atoms with Crippen LogP contribution in [0, 0.1) is 5.41 Å². The number of hydrogen-bond donors (Lipinski definition) is 0. The molecule has 0 bridgehead atoms. The molecule has 0 aliphatic carbocycles. The molecular formula is C10H19BiO2. The second-order valence-electron chi connectivity index (χ2n) is 4.58. The molecule has 0 saturated carbocycles. The molecule has 0 spiro atoms. The van der Waals surface area contributed by atoms with Crippen molar-refractivity contribution in [3.05, 3.63) is 0 Å². The third-order valence-electron chi connectivity index (χ3n) is 1.91. The van der Waals surface area contributed by atoms with E-state index in [1.165, 1.54) is 12.8 Å². The first-order chi connectivity index (χ1) is 5.95. The molecule has 13 heavy (non-hydrogen) atoms. The summed E-state index contributed by atoms with van der Waals surface area (Å²) >= 11 is 0.716. The molecule has 76 valence electrons. The molecule has 0 aliphatic heterocycles. The zero-order valence-electron chi connectivity index (χ0n) is 8.80. The Morgan fingerprint density at radius 3 is 2.31 bits per heavy atom. The first kappa shape index (κ1) is 13.4. The van der Waals surface area contributed by atoms with Crippen LogP contribution < -0.4 is 0 Å². The molecule has 0 atom stereocenters. The molecule has 0 heterocycles. The Morgan fingerprint density at radius 2 is 1.85 bits per heavy atom. The van der Waals surface area contributed by atoms with Crippen molar-refractivity contribution in [2.24, 2.45) is 5.41 Å². The van der Waals surface area contributed by atoms with Crippen molar-refractivity contribution in [2.75, 3.05) is 0 Å². The quantitative estimate of drug-likeness (QED) is 0.542. The summed E-state index contributed by atoms with van der Waals surface area (Å²) in [5.74, 6) is -0.0379. The number of carbonyl (C=O) groups is 1. The average Bonchev–Trinajstić information content (AvgIpc) is 2.01. The van der Waals surface area contributed by atoms with E-state index in [4.69, 9.17) is 0 Å². The van der Waals surface area contributed by atoms with Gasteiger partial charge in [0.1, 0.15) is 0 Å². The van der Waals surface area contributed by atoms with Gasteiger partial charge in [0.15, 0.2) is 0 Å². The molecule has 0 saturated heterocycles. The van der Waals surface area contributed by atoms with Crippen molar-refractivity contribution in [3.8, 4) is 0 Å². The molecule has 0 aromatic heterocycles. The molecule has 0 rings (SSSR count). The van der Waals surface area contributed by atoms with Crippen molar-refractivity contribution in [3.63, 3.8) is 0 Å². The minimum atomic E-state index is -0.0379. The predicted octanol–water partition coefficient (Wildman–Crippen LogP) is 2.61. The maximum atomic E-state index is 10.8. The van der Waals surface area contributed by atoms with E-state index in [1.54, 1.807) is 0 Å². The van der Waals surface area contributed by atoms with Gasteiger partial charge in [-0.1, -0.05) is 0 Å². The fraction of sp³-hybridized carbons (Fsp3) is 0.900. The summed E-state index contributed by atoms with van der Waals surface area (Å²) in [7, 11) is 0. The summed E-state index contributed by atoms with van der Waals surface area (Å²) in [6.07, 6.45) is 5.18. The third kappa shape index (κ3) is 10.3. The number of unbranched alkanes of at least 4 members (excludes halogenated alkanes) is 2. The Hall–Kier alpha value is 0.353. The van der Waals surface area contributed by atoms with Crippen molar-refractivity contribution in [1.29, 1.82) is 0 Å². The summed E-state index contributed by atoms with van der Waals surface area (Å²) < 4.78 is 4.67. The Kier molecular flexibility index (Phi) is 6.94. The second kappa shape index (κ2) is 6.75. The van der Waals surface area contributed by atoms with E-state index < -0.39 is 0 Å². The van der Waals surface area contributed by atoms with Gasteiger partial charge in [0.05, 0.1) is 0 Å². The molecule has 2 nitrogen and oxygen atoms in total. The van der Waals surface area contributed by atoms with E-state index in [1.807, 2.05) is 0 Å². The molecule has 0 fully saturated rings. The number of rotatable bonds is 5. The average molecular weight is 380 g/mol. The van der Waals surface area contributed by atoms with E-state index >= 15 is 0 Å². The van der Waals surface area contributed by atoms with Crippen LogP contribution in [0.4, 0.5) is 0 Å². The summed E-state index contributed by atoms with van der Waals surface area (Å²) in [6, 6.07) is 0. The van der Waals surface area contributed by atoms with Gasteiger partial charge < -0.3 is 0 Å². The van der Waals surface area contributed by atoms with Gasteiger partial charge in [0.2, 0.25) is 0 Å². The Morgan fingerprint density at radius 1 is 1.23 bits per heavy atom. The van der Waals surface area contributed by atoms with E-state index in [-0.39, 0.29) is 5.97 Å². The fourth-order valence-corrected chi connectivity index (χ4v) is 1.50. The molecule has 0 aliphatic rings. The van der Waals surface area contributed by atoms with Gasteiger partial charge in [-0.15, -0.1) is 0 Å². The van der Waals surface area contributed by atoms with E-state index in [0.29, 0.717) is 37.0 Å². The molecule has 0 N–H and O–H groups in total. The van der Waals surface area contributed by atoms with Gasteiger partial charge >= 0.3 is 97.0 Å². The van der Waals surface area contributed by atoms with Crippen LogP contribution in [0.1, 0.15) is 52.9 Å². The summed E-state index contributed by atoms with van der Waals surface area (Å²) in [4.78, 5) is 10.8. The Balaban J connectivity index is 3.22. The van der Waals surface area contributed by atoms with Crippen LogP contribution in [0.5, 0.6) is 0 Å². The maximum absolute atomic E-state index is 10.8. The van der Waals surface area contributed by atoms with Gasteiger partial charge in [-0.3, -0.25) is 0 Å². The van der Waals surface area contributed by atoms with Gasteiger partial charge in [0.25, 0.3) is 0 Å². The summed E-state index contributed by atoms with van der Waals surface area (Å²) in [5.41, 5.74) is 0.427. The summed E-state index contributed by atoms with van der Waals surface area (Å²) in [6.45, 7) is 6.74. The first-order valence-corrected chi connectivity index (χ1v) is 6.22. The molecule has 2 radical (unpaired) electrons. The van der Waals surface area contributed by atoms with Gasteiger partial charge in [0, 0.05) is 0 Å². The van der Waals surface area contributed by atoms with Crippen molar-refractivity contribution >= 4 is 31.1 Å². The standard InChI is InChI=1S/C10H20O2.Bi/c1-10(2,3)8-6-4-5-7-9(11)12;/h4-8H2,1-3H3,(H,11,12);/q;+1/p-1. The topological polar surface area (TPSA) is 26.3 Å². The van der Waals surface area contributed by atoms with Crippen LogP contribution in [0.2, 0.25) is 0 Å². The zero-order valence-corrected chi connectivity index (χ0v) is 12.3. The van der Waals surface area contributed by atoms with E-state index in [9.17, 15) is 4.79 Å². The summed E-state index contributed by atoms with van der Waals surface area (Å²) in [5, 5.41) is 0. The van der Waals surface area contributed by atoms with Crippen molar-refractivity contribution in [1.82, 2.24) is 0 Å². The molecular weight excluding hydrogens is 361 g/mol. The van der Waals surface area contributed by atoms with Crippen LogP contribution >= 0.6 is 0 Å². The second-order valence-corrected chi connectivity index (χ2v) is 5.29. The third-order valence-corrected chi connectivity index (χ3v) is 2.70. The van der Waals surface area contributed by atoms with Crippen LogP contribution in [-0.4, -0.2) is 31.1 Å². The monoisotopic (exact) mass is 380 g/mol.